The number of nitrogens with zero attached hydrogens (tertiary/aromatic N) is 5. The van der Waals surface area contributed by atoms with Crippen LogP contribution in [0.1, 0.15) is 31.0 Å². The SMILES string of the molecule is CCN(C)Cc1ccn2c(-c3ccnc(N[C@@H](C)c4ccccc4)n3)c(-c3ccc(F)cc3)nc2c1. The number of pyridine rings is 1. The van der Waals surface area contributed by atoms with Crippen LogP contribution >= 0.6 is 0 Å². The summed E-state index contributed by atoms with van der Waals surface area (Å²) < 4.78 is 15.7. The van der Waals surface area contributed by atoms with Crippen LogP contribution in [0.4, 0.5) is 10.3 Å². The highest BCUT2D eigenvalue weighted by atomic mass is 19.1. The molecule has 0 unspecified atom stereocenters. The fraction of sp³-hybridized carbons (Fsp3) is 0.207. The largest absolute Gasteiger partial charge is 0.348 e. The summed E-state index contributed by atoms with van der Waals surface area (Å²) in [5.74, 6) is 0.252. The normalized spacial score (nSPS) is 12.2. The number of nitrogens with one attached hydrogen (secondary N) is 1. The summed E-state index contributed by atoms with van der Waals surface area (Å²) in [7, 11) is 2.09. The third kappa shape index (κ3) is 4.97. The molecule has 0 bridgehead atoms. The monoisotopic (exact) mass is 480 g/mol. The third-order valence-electron chi connectivity index (χ3n) is 6.34. The molecule has 2 aromatic carbocycles. The van der Waals surface area contributed by atoms with E-state index in [2.05, 4.69) is 60.4 Å². The molecule has 0 aliphatic heterocycles. The highest BCUT2D eigenvalue weighted by Crippen LogP contribution is 2.33. The Morgan fingerprint density at radius 2 is 1.78 bits per heavy atom. The molecule has 3 aromatic heterocycles. The summed E-state index contributed by atoms with van der Waals surface area (Å²) in [5.41, 5.74) is 6.29. The average Bonchev–Trinajstić information content (AvgIpc) is 3.28. The maximum atomic E-state index is 13.7. The minimum atomic E-state index is -0.280. The zero-order valence-corrected chi connectivity index (χ0v) is 20.7. The van der Waals surface area contributed by atoms with Gasteiger partial charge in [0.1, 0.15) is 11.5 Å². The first-order valence-electron chi connectivity index (χ1n) is 12.1. The van der Waals surface area contributed by atoms with E-state index < -0.39 is 0 Å². The quantitative estimate of drug-likeness (QED) is 0.286. The van der Waals surface area contributed by atoms with Gasteiger partial charge in [0.15, 0.2) is 0 Å². The van der Waals surface area contributed by atoms with Crippen molar-refractivity contribution in [3.63, 3.8) is 0 Å². The Kier molecular flexibility index (Phi) is 6.73. The predicted octanol–water partition coefficient (Wildman–Crippen LogP) is 6.22. The van der Waals surface area contributed by atoms with Gasteiger partial charge in [0, 0.05) is 24.5 Å². The van der Waals surface area contributed by atoms with Gasteiger partial charge >= 0.3 is 0 Å². The summed E-state index contributed by atoms with van der Waals surface area (Å²) in [4.78, 5) is 16.5. The predicted molar refractivity (Wildman–Crippen MR) is 142 cm³/mol. The average molecular weight is 481 g/mol. The van der Waals surface area contributed by atoms with Crippen molar-refractivity contribution in [3.05, 3.63) is 102 Å². The summed E-state index contributed by atoms with van der Waals surface area (Å²) in [5, 5.41) is 3.41. The van der Waals surface area contributed by atoms with Crippen LogP contribution in [0.3, 0.4) is 0 Å². The fourth-order valence-electron chi connectivity index (χ4n) is 4.24. The van der Waals surface area contributed by atoms with Gasteiger partial charge in [-0.25, -0.2) is 19.3 Å². The highest BCUT2D eigenvalue weighted by Gasteiger charge is 2.19. The van der Waals surface area contributed by atoms with E-state index in [1.54, 1.807) is 18.3 Å². The molecule has 0 aliphatic carbocycles. The van der Waals surface area contributed by atoms with Crippen molar-refractivity contribution in [2.24, 2.45) is 0 Å². The second kappa shape index (κ2) is 10.3. The molecule has 0 fully saturated rings. The lowest BCUT2D eigenvalue weighted by Crippen LogP contribution is -2.16. The molecule has 0 aliphatic rings. The van der Waals surface area contributed by atoms with Gasteiger partial charge in [-0.1, -0.05) is 37.3 Å². The van der Waals surface area contributed by atoms with Crippen LogP contribution in [0.15, 0.2) is 85.2 Å². The van der Waals surface area contributed by atoms with Gasteiger partial charge in [-0.05, 0) is 74.1 Å². The van der Waals surface area contributed by atoms with E-state index in [4.69, 9.17) is 9.97 Å². The van der Waals surface area contributed by atoms with Gasteiger partial charge in [0.05, 0.1) is 23.1 Å². The molecule has 0 radical (unpaired) electrons. The lowest BCUT2D eigenvalue weighted by Gasteiger charge is -2.15. The molecule has 0 saturated heterocycles. The van der Waals surface area contributed by atoms with E-state index in [-0.39, 0.29) is 11.9 Å². The minimum absolute atomic E-state index is 0.0401. The van der Waals surface area contributed by atoms with Crippen molar-refractivity contribution >= 4 is 11.6 Å². The summed E-state index contributed by atoms with van der Waals surface area (Å²) in [6.45, 7) is 6.01. The Hall–Kier alpha value is -4.10. The molecule has 5 aromatic rings. The van der Waals surface area contributed by atoms with Gasteiger partial charge in [0.25, 0.3) is 0 Å². The van der Waals surface area contributed by atoms with Gasteiger partial charge < -0.3 is 10.2 Å². The third-order valence-corrected chi connectivity index (χ3v) is 6.34. The number of hydrogen-bond donors (Lipinski definition) is 1. The standard InChI is InChI=1S/C29H29FN6/c1-4-35(3)19-21-15-17-36-26(18-21)34-27(23-10-12-24(30)13-11-23)28(36)25-14-16-31-29(33-25)32-20(2)22-8-6-5-7-9-22/h5-18,20H,4,19H2,1-3H3,(H,31,32,33)/t20-/m0/s1. The minimum Gasteiger partial charge on any atom is -0.348 e. The maximum absolute atomic E-state index is 13.7. The lowest BCUT2D eigenvalue weighted by atomic mass is 10.1. The number of fused-ring (bicyclic) bond motifs is 1. The zero-order chi connectivity index (χ0) is 25.1. The molecule has 7 heteroatoms. The first-order valence-corrected chi connectivity index (χ1v) is 12.1. The topological polar surface area (TPSA) is 58.4 Å². The lowest BCUT2D eigenvalue weighted by molar-refractivity contribution is 0.346. The highest BCUT2D eigenvalue weighted by molar-refractivity contribution is 5.80. The molecule has 5 rings (SSSR count). The van der Waals surface area contributed by atoms with E-state index in [0.29, 0.717) is 5.95 Å². The smallest absolute Gasteiger partial charge is 0.223 e. The van der Waals surface area contributed by atoms with Gasteiger partial charge in [-0.3, -0.25) is 4.40 Å². The number of hydrogen-bond acceptors (Lipinski definition) is 5. The van der Waals surface area contributed by atoms with Crippen LogP contribution in [0.25, 0.3) is 28.3 Å². The Labute approximate surface area is 210 Å². The van der Waals surface area contributed by atoms with Gasteiger partial charge in [-0.15, -0.1) is 0 Å². The molecule has 1 N–H and O–H groups in total. The van der Waals surface area contributed by atoms with E-state index in [0.717, 1.165) is 46.9 Å². The Bertz CT molecular complexity index is 1460. The first kappa shape index (κ1) is 23.6. The van der Waals surface area contributed by atoms with E-state index in [1.165, 1.54) is 17.7 Å². The molecular weight excluding hydrogens is 451 g/mol. The molecule has 6 nitrogen and oxygen atoms in total. The van der Waals surface area contributed by atoms with E-state index in [9.17, 15) is 4.39 Å². The Morgan fingerprint density at radius 3 is 2.53 bits per heavy atom. The Morgan fingerprint density at radius 1 is 1.00 bits per heavy atom. The van der Waals surface area contributed by atoms with Crippen LogP contribution in [0.5, 0.6) is 0 Å². The van der Waals surface area contributed by atoms with Crippen molar-refractivity contribution in [1.82, 2.24) is 24.3 Å². The molecule has 1 atom stereocenters. The fourth-order valence-corrected chi connectivity index (χ4v) is 4.24. The van der Waals surface area contributed by atoms with Gasteiger partial charge in [0.2, 0.25) is 5.95 Å². The van der Waals surface area contributed by atoms with Crippen LogP contribution in [0.2, 0.25) is 0 Å². The molecule has 0 saturated carbocycles. The number of anilines is 1. The van der Waals surface area contributed by atoms with Crippen molar-refractivity contribution in [3.8, 4) is 22.6 Å². The summed E-state index contributed by atoms with van der Waals surface area (Å²) in [6, 6.07) is 22.7. The number of halogens is 1. The molecule has 3 heterocycles. The first-order chi connectivity index (χ1) is 17.5. The van der Waals surface area contributed by atoms with Crippen molar-refractivity contribution in [2.45, 2.75) is 26.4 Å². The van der Waals surface area contributed by atoms with E-state index >= 15 is 0 Å². The van der Waals surface area contributed by atoms with Crippen LogP contribution in [-0.4, -0.2) is 37.8 Å². The molecule has 36 heavy (non-hydrogen) atoms. The second-order valence-corrected chi connectivity index (χ2v) is 8.95. The van der Waals surface area contributed by atoms with Crippen LogP contribution < -0.4 is 5.32 Å². The molecule has 0 spiro atoms. The number of rotatable bonds is 8. The number of benzene rings is 2. The second-order valence-electron chi connectivity index (χ2n) is 8.95. The van der Waals surface area contributed by atoms with Crippen molar-refractivity contribution in [2.75, 3.05) is 18.9 Å². The van der Waals surface area contributed by atoms with Crippen molar-refractivity contribution < 1.29 is 4.39 Å². The molecular formula is C29H29FN6. The zero-order valence-electron chi connectivity index (χ0n) is 20.7. The number of imidazole rings is 1. The maximum Gasteiger partial charge on any atom is 0.223 e. The van der Waals surface area contributed by atoms with Gasteiger partial charge in [-0.2, -0.15) is 0 Å². The van der Waals surface area contributed by atoms with Crippen LogP contribution in [-0.2, 0) is 6.54 Å². The Balaban J connectivity index is 1.58. The molecule has 182 valence electrons. The summed E-state index contributed by atoms with van der Waals surface area (Å²) >= 11 is 0. The molecule has 0 amide bonds. The van der Waals surface area contributed by atoms with Crippen molar-refractivity contribution in [1.29, 1.82) is 0 Å². The van der Waals surface area contributed by atoms with E-state index in [1.807, 2.05) is 34.9 Å². The van der Waals surface area contributed by atoms with Crippen LogP contribution in [0, 0.1) is 5.82 Å². The summed E-state index contributed by atoms with van der Waals surface area (Å²) in [6.07, 6.45) is 3.78. The number of aromatic nitrogens is 4.